The van der Waals surface area contributed by atoms with Gasteiger partial charge in [-0.1, -0.05) is 36.2 Å². The van der Waals surface area contributed by atoms with Crippen molar-refractivity contribution in [3.63, 3.8) is 0 Å². The number of hydrogen-bond donors (Lipinski definition) is 0. The zero-order valence-corrected chi connectivity index (χ0v) is 17.1. The summed E-state index contributed by atoms with van der Waals surface area (Å²) in [5, 5.41) is 0.667. The molecule has 1 saturated heterocycles. The Morgan fingerprint density at radius 2 is 1.72 bits per heavy atom. The fourth-order valence-electron chi connectivity index (χ4n) is 4.23. The zero-order valence-electron chi connectivity index (χ0n) is 15.5. The Balaban J connectivity index is 2.21. The fourth-order valence-corrected chi connectivity index (χ4v) is 5.95. The first kappa shape index (κ1) is 19.3. The molecular formula is C19H28ClNO3S. The van der Waals surface area contributed by atoms with E-state index in [2.05, 4.69) is 0 Å². The Morgan fingerprint density at radius 1 is 1.12 bits per heavy atom. The van der Waals surface area contributed by atoms with Gasteiger partial charge >= 0.3 is 0 Å². The fraction of sp³-hybridized carbons (Fsp3) is 0.684. The quantitative estimate of drug-likeness (QED) is 0.780. The highest BCUT2D eigenvalue weighted by Gasteiger charge is 2.62. The van der Waals surface area contributed by atoms with E-state index in [1.807, 2.05) is 56.4 Å². The van der Waals surface area contributed by atoms with Crippen LogP contribution in [0.5, 0.6) is 0 Å². The first-order valence-corrected chi connectivity index (χ1v) is 10.4. The summed E-state index contributed by atoms with van der Waals surface area (Å²) in [6, 6.07) is 7.82. The molecule has 1 aliphatic heterocycles. The maximum atomic E-state index is 13.4. The first-order valence-electron chi connectivity index (χ1n) is 8.93. The van der Waals surface area contributed by atoms with Crippen LogP contribution in [0.25, 0.3) is 0 Å². The van der Waals surface area contributed by atoms with Gasteiger partial charge in [-0.2, -0.15) is 0 Å². The Kier molecular flexibility index (Phi) is 5.35. The minimum absolute atomic E-state index is 0.389. The lowest BCUT2D eigenvalue weighted by Gasteiger charge is -2.55. The first-order chi connectivity index (χ1) is 11.7. The van der Waals surface area contributed by atoms with Crippen molar-refractivity contribution < 1.29 is 13.7 Å². The molecule has 1 aliphatic carbocycles. The largest absolute Gasteiger partial charge is 0.345 e. The maximum Gasteiger partial charge on any atom is 0.192 e. The minimum Gasteiger partial charge on any atom is -0.345 e. The summed E-state index contributed by atoms with van der Waals surface area (Å²) < 4.78 is 27.4. The number of rotatable bonds is 3. The predicted molar refractivity (Wildman–Crippen MR) is 102 cm³/mol. The Labute approximate surface area is 158 Å². The molecule has 1 saturated carbocycles. The van der Waals surface area contributed by atoms with E-state index in [-0.39, 0.29) is 4.75 Å². The smallest absolute Gasteiger partial charge is 0.192 e. The van der Waals surface area contributed by atoms with Gasteiger partial charge in [-0.25, -0.2) is 8.51 Å². The van der Waals surface area contributed by atoms with Gasteiger partial charge in [0.15, 0.2) is 5.79 Å². The molecule has 4 nitrogen and oxygen atoms in total. The van der Waals surface area contributed by atoms with Crippen molar-refractivity contribution in [2.75, 3.05) is 20.3 Å². The van der Waals surface area contributed by atoms with E-state index in [4.69, 9.17) is 21.1 Å². The molecule has 0 amide bonds. The van der Waals surface area contributed by atoms with E-state index in [0.717, 1.165) is 31.2 Å². The molecule has 2 fully saturated rings. The van der Waals surface area contributed by atoms with Crippen LogP contribution in [0, 0.1) is 0 Å². The topological polar surface area (TPSA) is 38.8 Å². The van der Waals surface area contributed by atoms with E-state index in [1.165, 1.54) is 0 Å². The number of nitrogens with zero attached hydrogens (tertiary/aromatic N) is 1. The summed E-state index contributed by atoms with van der Waals surface area (Å²) in [7, 11) is 0.684. The van der Waals surface area contributed by atoms with E-state index in [1.54, 1.807) is 0 Å². The molecule has 1 spiro atoms. The third-order valence-electron chi connectivity index (χ3n) is 5.31. The Morgan fingerprint density at radius 3 is 2.32 bits per heavy atom. The molecule has 1 heterocycles. The van der Waals surface area contributed by atoms with Crippen molar-refractivity contribution in [2.24, 2.45) is 0 Å². The molecule has 0 bridgehead atoms. The second-order valence-electron chi connectivity index (χ2n) is 7.86. The summed E-state index contributed by atoms with van der Waals surface area (Å²) in [5.41, 5.74) is 0.275. The molecular weight excluding hydrogens is 358 g/mol. The van der Waals surface area contributed by atoms with Crippen molar-refractivity contribution in [1.82, 2.24) is 4.31 Å². The zero-order chi connectivity index (χ0) is 18.3. The van der Waals surface area contributed by atoms with Crippen molar-refractivity contribution in [2.45, 2.75) is 62.5 Å². The molecule has 25 heavy (non-hydrogen) atoms. The van der Waals surface area contributed by atoms with Crippen LogP contribution >= 0.6 is 11.6 Å². The molecule has 1 aromatic carbocycles. The van der Waals surface area contributed by atoms with Crippen LogP contribution in [0.15, 0.2) is 24.3 Å². The second-order valence-corrected chi connectivity index (χ2v) is 10.5. The summed E-state index contributed by atoms with van der Waals surface area (Å²) >= 11 is 6.64. The monoisotopic (exact) mass is 385 g/mol. The maximum absolute atomic E-state index is 13.4. The van der Waals surface area contributed by atoms with Gasteiger partial charge < -0.3 is 9.47 Å². The Hall–Kier alpha value is -0.460. The number of halogens is 1. The lowest BCUT2D eigenvalue weighted by atomic mass is 9.71. The standard InChI is InChI=1S/C19H28ClNO3S/c1-17(2,3)25(22)21(4)18(15-9-5-6-10-16(15)20)11-7-8-12-19(18)23-13-14-24-19/h5-6,9-10H,7-8,11-14H2,1-4H3/t18-,25?/m0/s1. The highest BCUT2D eigenvalue weighted by atomic mass is 35.5. The number of hydrogen-bond acceptors (Lipinski definition) is 3. The molecule has 0 aromatic heterocycles. The molecule has 1 aromatic rings. The summed E-state index contributed by atoms with van der Waals surface area (Å²) in [4.78, 5) is 0. The van der Waals surface area contributed by atoms with Gasteiger partial charge in [-0.3, -0.25) is 0 Å². The molecule has 140 valence electrons. The van der Waals surface area contributed by atoms with Gasteiger partial charge in [0.1, 0.15) is 16.5 Å². The summed E-state index contributed by atoms with van der Waals surface area (Å²) in [6.45, 7) is 7.09. The number of ether oxygens (including phenoxy) is 2. The second kappa shape index (κ2) is 6.93. The lowest BCUT2D eigenvalue weighted by Crippen LogP contribution is -2.64. The van der Waals surface area contributed by atoms with Gasteiger partial charge in [0, 0.05) is 18.5 Å². The average molecular weight is 386 g/mol. The molecule has 1 unspecified atom stereocenters. The van der Waals surface area contributed by atoms with Crippen molar-refractivity contribution in [1.29, 1.82) is 0 Å². The summed E-state index contributed by atoms with van der Waals surface area (Å²) in [6.07, 6.45) is 3.63. The van der Waals surface area contributed by atoms with Gasteiger partial charge in [-0.15, -0.1) is 0 Å². The van der Waals surface area contributed by atoms with Crippen LogP contribution < -0.4 is 0 Å². The van der Waals surface area contributed by atoms with Crippen molar-refractivity contribution in [3.05, 3.63) is 34.9 Å². The van der Waals surface area contributed by atoms with Crippen LogP contribution in [0.2, 0.25) is 5.02 Å². The van der Waals surface area contributed by atoms with Crippen LogP contribution in [0.1, 0.15) is 52.0 Å². The molecule has 2 aliphatic rings. The number of benzene rings is 1. The SMILES string of the molecule is CN(S(=O)C(C)(C)C)[C@]1(c2ccccc2Cl)CCCCC12OCCO2. The van der Waals surface area contributed by atoms with Crippen LogP contribution in [-0.2, 0) is 26.0 Å². The molecule has 0 radical (unpaired) electrons. The van der Waals surface area contributed by atoms with Crippen molar-refractivity contribution in [3.8, 4) is 0 Å². The molecule has 2 atom stereocenters. The minimum atomic E-state index is -1.24. The van der Waals surface area contributed by atoms with E-state index in [0.29, 0.717) is 18.2 Å². The van der Waals surface area contributed by atoms with Gasteiger partial charge in [0.05, 0.1) is 18.0 Å². The van der Waals surface area contributed by atoms with Crippen LogP contribution in [-0.4, -0.2) is 39.3 Å². The van der Waals surface area contributed by atoms with E-state index >= 15 is 0 Å². The lowest BCUT2D eigenvalue weighted by molar-refractivity contribution is -0.251. The Bertz CT molecular complexity index is 654. The van der Waals surface area contributed by atoms with E-state index in [9.17, 15) is 4.21 Å². The van der Waals surface area contributed by atoms with Crippen LogP contribution in [0.4, 0.5) is 0 Å². The summed E-state index contributed by atoms with van der Waals surface area (Å²) in [5.74, 6) is -0.800. The molecule has 3 rings (SSSR count). The van der Waals surface area contributed by atoms with Crippen molar-refractivity contribution >= 4 is 22.6 Å². The molecule has 6 heteroatoms. The van der Waals surface area contributed by atoms with Gasteiger partial charge in [0.2, 0.25) is 0 Å². The normalized spacial score (nSPS) is 27.8. The average Bonchev–Trinajstić information content (AvgIpc) is 3.03. The van der Waals surface area contributed by atoms with Gasteiger partial charge in [0.25, 0.3) is 0 Å². The predicted octanol–water partition coefficient (Wildman–Crippen LogP) is 4.25. The highest BCUT2D eigenvalue weighted by Crippen LogP contribution is 2.55. The van der Waals surface area contributed by atoms with E-state index < -0.39 is 22.3 Å². The number of likely N-dealkylation sites (N-methyl/N-ethyl adjacent to an activating group) is 1. The van der Waals surface area contributed by atoms with Gasteiger partial charge in [-0.05, 0) is 45.2 Å². The third kappa shape index (κ3) is 3.08. The van der Waals surface area contributed by atoms with Crippen LogP contribution in [0.3, 0.4) is 0 Å². The molecule has 0 N–H and O–H groups in total. The highest BCUT2D eigenvalue weighted by molar-refractivity contribution is 7.84. The third-order valence-corrected chi connectivity index (χ3v) is 7.49.